The van der Waals surface area contributed by atoms with Crippen LogP contribution >= 0.6 is 0 Å². The summed E-state index contributed by atoms with van der Waals surface area (Å²) in [5, 5.41) is 0. The van der Waals surface area contributed by atoms with Gasteiger partial charge in [-0.2, -0.15) is 0 Å². The Morgan fingerprint density at radius 2 is 1.95 bits per heavy atom. The van der Waals surface area contributed by atoms with Crippen molar-refractivity contribution in [2.75, 3.05) is 26.2 Å². The highest BCUT2D eigenvalue weighted by Crippen LogP contribution is 2.48. The monoisotopic (exact) mass is 310 g/mol. The molecule has 0 radical (unpaired) electrons. The van der Waals surface area contributed by atoms with Crippen LogP contribution in [0.4, 0.5) is 0 Å². The Bertz CT molecular complexity index is 370. The Morgan fingerprint density at radius 3 is 2.45 bits per heavy atom. The highest BCUT2D eigenvalue weighted by molar-refractivity contribution is 5.73. The molecule has 22 heavy (non-hydrogen) atoms. The molecule has 128 valence electrons. The predicted molar refractivity (Wildman–Crippen MR) is 90.5 cm³/mol. The second-order valence-corrected chi connectivity index (χ2v) is 7.69. The Morgan fingerprint density at radius 1 is 1.18 bits per heavy atom. The summed E-state index contributed by atoms with van der Waals surface area (Å²) in [6.45, 7) is 13.1. The van der Waals surface area contributed by atoms with Crippen molar-refractivity contribution in [2.24, 2.45) is 17.8 Å². The molecular weight excluding hydrogens is 274 g/mol. The first-order valence-corrected chi connectivity index (χ1v) is 9.58. The van der Waals surface area contributed by atoms with Crippen LogP contribution in [0.15, 0.2) is 0 Å². The molecule has 0 aliphatic heterocycles. The third-order valence-corrected chi connectivity index (χ3v) is 6.65. The van der Waals surface area contributed by atoms with E-state index in [1.54, 1.807) is 0 Å². The van der Waals surface area contributed by atoms with Crippen molar-refractivity contribution in [3.05, 3.63) is 0 Å². The summed E-state index contributed by atoms with van der Waals surface area (Å²) in [5.74, 6) is 1.76. The van der Waals surface area contributed by atoms with Crippen LogP contribution in [-0.2, 0) is 9.53 Å². The van der Waals surface area contributed by atoms with Gasteiger partial charge in [0.15, 0.2) is 0 Å². The van der Waals surface area contributed by atoms with E-state index in [4.69, 9.17) is 4.74 Å². The fourth-order valence-electron chi connectivity index (χ4n) is 4.98. The zero-order chi connectivity index (χ0) is 16.2. The molecule has 3 heteroatoms. The first-order chi connectivity index (χ1) is 10.6. The van der Waals surface area contributed by atoms with Crippen LogP contribution in [0, 0.1) is 17.8 Å². The number of nitrogens with zero attached hydrogens (tertiary/aromatic N) is 1. The topological polar surface area (TPSA) is 26.3 Å². The molecular formula is C19H36NO2+. The van der Waals surface area contributed by atoms with Gasteiger partial charge in [-0.15, -0.1) is 0 Å². The molecule has 0 aromatic rings. The van der Waals surface area contributed by atoms with Gasteiger partial charge in [-0.3, -0.25) is 4.79 Å². The lowest BCUT2D eigenvalue weighted by molar-refractivity contribution is -0.948. The minimum atomic E-state index is 0.0991. The van der Waals surface area contributed by atoms with Crippen molar-refractivity contribution in [1.29, 1.82) is 0 Å². The van der Waals surface area contributed by atoms with E-state index < -0.39 is 0 Å². The maximum Gasteiger partial charge on any atom is 0.309 e. The number of fused-ring (bicyclic) bond motifs is 2. The molecule has 0 heterocycles. The largest absolute Gasteiger partial charge is 0.459 e. The van der Waals surface area contributed by atoms with Crippen LogP contribution in [0.25, 0.3) is 0 Å². The Labute approximate surface area is 137 Å². The van der Waals surface area contributed by atoms with Gasteiger partial charge in [0.05, 0.1) is 25.0 Å². The molecule has 0 spiro atoms. The molecule has 2 fully saturated rings. The number of quaternary nitrogens is 1. The van der Waals surface area contributed by atoms with Gasteiger partial charge in [-0.05, 0) is 57.8 Å². The standard InChI is InChI=1S/C19H36NO2/c1-5-10-20(7-3,15(4)6-2)11-12-22-19(21)18-14-16-8-9-17(18)13-16/h15-18H,5-14H2,1-4H3/q+1. The van der Waals surface area contributed by atoms with Crippen molar-refractivity contribution in [1.82, 2.24) is 0 Å². The van der Waals surface area contributed by atoms with Crippen LogP contribution in [0.5, 0.6) is 0 Å². The van der Waals surface area contributed by atoms with Crippen LogP contribution in [0.2, 0.25) is 0 Å². The first kappa shape index (κ1) is 17.8. The Balaban J connectivity index is 1.83. The summed E-state index contributed by atoms with van der Waals surface area (Å²) in [4.78, 5) is 12.4. The van der Waals surface area contributed by atoms with Gasteiger partial charge in [0.25, 0.3) is 0 Å². The van der Waals surface area contributed by atoms with E-state index in [9.17, 15) is 4.79 Å². The predicted octanol–water partition coefficient (Wildman–Crippen LogP) is 4.01. The average molecular weight is 311 g/mol. The lowest BCUT2D eigenvalue weighted by atomic mass is 9.89. The molecule has 2 aliphatic rings. The van der Waals surface area contributed by atoms with Crippen LogP contribution < -0.4 is 0 Å². The number of esters is 1. The van der Waals surface area contributed by atoms with Crippen molar-refractivity contribution in [3.8, 4) is 0 Å². The molecule has 2 saturated carbocycles. The van der Waals surface area contributed by atoms with Crippen LogP contribution in [-0.4, -0.2) is 42.7 Å². The van der Waals surface area contributed by atoms with Crippen molar-refractivity contribution in [3.63, 3.8) is 0 Å². The van der Waals surface area contributed by atoms with E-state index >= 15 is 0 Å². The first-order valence-electron chi connectivity index (χ1n) is 9.58. The number of rotatable bonds is 9. The third kappa shape index (κ3) is 3.67. The number of ether oxygens (including phenoxy) is 1. The molecule has 3 nitrogen and oxygen atoms in total. The minimum Gasteiger partial charge on any atom is -0.459 e. The molecule has 2 aliphatic carbocycles. The summed E-state index contributed by atoms with van der Waals surface area (Å²) in [6.07, 6.45) is 7.35. The summed E-state index contributed by atoms with van der Waals surface area (Å²) < 4.78 is 6.82. The number of hydrogen-bond donors (Lipinski definition) is 0. The lowest BCUT2D eigenvalue weighted by Gasteiger charge is -2.42. The van der Waals surface area contributed by atoms with Gasteiger partial charge in [-0.1, -0.05) is 20.3 Å². The van der Waals surface area contributed by atoms with E-state index in [-0.39, 0.29) is 11.9 Å². The smallest absolute Gasteiger partial charge is 0.309 e. The zero-order valence-electron chi connectivity index (χ0n) is 15.1. The molecule has 0 saturated heterocycles. The van der Waals surface area contributed by atoms with Crippen molar-refractivity contribution < 1.29 is 14.0 Å². The van der Waals surface area contributed by atoms with Gasteiger partial charge in [0.2, 0.25) is 0 Å². The zero-order valence-corrected chi connectivity index (χ0v) is 15.1. The van der Waals surface area contributed by atoms with E-state index in [2.05, 4.69) is 27.7 Å². The second-order valence-electron chi connectivity index (χ2n) is 7.69. The maximum atomic E-state index is 12.4. The summed E-state index contributed by atoms with van der Waals surface area (Å²) in [7, 11) is 0. The van der Waals surface area contributed by atoms with Gasteiger partial charge < -0.3 is 9.22 Å². The van der Waals surface area contributed by atoms with E-state index in [0.29, 0.717) is 18.6 Å². The molecule has 0 N–H and O–H groups in total. The van der Waals surface area contributed by atoms with Gasteiger partial charge in [-0.25, -0.2) is 0 Å². The van der Waals surface area contributed by atoms with Crippen LogP contribution in [0.1, 0.15) is 66.2 Å². The molecule has 2 bridgehead atoms. The molecule has 0 aromatic heterocycles. The SMILES string of the molecule is CCC[N+](CC)(CCOC(=O)C1CC2CCC1C2)C(C)CC. The molecule has 0 aromatic carbocycles. The molecule has 0 amide bonds. The van der Waals surface area contributed by atoms with Gasteiger partial charge in [0, 0.05) is 0 Å². The minimum absolute atomic E-state index is 0.0991. The van der Waals surface area contributed by atoms with Crippen LogP contribution in [0.3, 0.4) is 0 Å². The van der Waals surface area contributed by atoms with Gasteiger partial charge >= 0.3 is 5.97 Å². The third-order valence-electron chi connectivity index (χ3n) is 6.65. The number of carbonyl (C=O) groups is 1. The van der Waals surface area contributed by atoms with E-state index in [0.717, 1.165) is 29.9 Å². The van der Waals surface area contributed by atoms with Gasteiger partial charge in [0.1, 0.15) is 13.2 Å². The highest BCUT2D eigenvalue weighted by Gasteiger charge is 2.44. The quantitative estimate of drug-likeness (QED) is 0.475. The summed E-state index contributed by atoms with van der Waals surface area (Å²) >= 11 is 0. The summed E-state index contributed by atoms with van der Waals surface area (Å²) in [6, 6.07) is 0.645. The fraction of sp³-hybridized carbons (Fsp3) is 0.947. The normalized spacial score (nSPS) is 31.0. The molecule has 5 unspecified atom stereocenters. The second kappa shape index (κ2) is 7.81. The lowest BCUT2D eigenvalue weighted by Crippen LogP contribution is -2.56. The highest BCUT2D eigenvalue weighted by atomic mass is 16.5. The van der Waals surface area contributed by atoms with Crippen molar-refractivity contribution >= 4 is 5.97 Å². The molecule has 5 atom stereocenters. The molecule has 2 rings (SSSR count). The van der Waals surface area contributed by atoms with Crippen molar-refractivity contribution in [2.45, 2.75) is 72.3 Å². The number of carbonyl (C=O) groups excluding carboxylic acids is 1. The Hall–Kier alpha value is -0.570. The maximum absolute atomic E-state index is 12.4. The Kier molecular flexibility index (Phi) is 6.31. The number of hydrogen-bond acceptors (Lipinski definition) is 2. The van der Waals surface area contributed by atoms with E-state index in [1.807, 2.05) is 0 Å². The fourth-order valence-corrected chi connectivity index (χ4v) is 4.98. The van der Waals surface area contributed by atoms with E-state index in [1.165, 1.54) is 38.6 Å². The average Bonchev–Trinajstić information content (AvgIpc) is 3.16. The summed E-state index contributed by atoms with van der Waals surface area (Å²) in [5.41, 5.74) is 0. The number of likely N-dealkylation sites (N-methyl/N-ethyl adjacent to an activating group) is 1.